The lowest BCUT2D eigenvalue weighted by atomic mass is 10.2. The highest BCUT2D eigenvalue weighted by molar-refractivity contribution is 5.67. The molecule has 0 unspecified atom stereocenters. The Hall–Kier alpha value is -2.42. The molecular weight excluding hydrogens is 224 g/mol. The van der Waals surface area contributed by atoms with E-state index in [9.17, 15) is 4.79 Å². The van der Waals surface area contributed by atoms with Crippen molar-refractivity contribution in [3.63, 3.8) is 0 Å². The van der Waals surface area contributed by atoms with Gasteiger partial charge in [0.25, 0.3) is 0 Å². The van der Waals surface area contributed by atoms with E-state index in [0.717, 1.165) is 5.56 Å². The van der Waals surface area contributed by atoms with Crippen LogP contribution in [0.25, 0.3) is 0 Å². The van der Waals surface area contributed by atoms with Crippen LogP contribution in [0.4, 0.5) is 4.79 Å². The Morgan fingerprint density at radius 1 is 1.47 bits per heavy atom. The Labute approximate surface area is 97.7 Å². The minimum Gasteiger partial charge on any atom is -0.454 e. The second kappa shape index (κ2) is 5.07. The summed E-state index contributed by atoms with van der Waals surface area (Å²) in [4.78, 5) is 11.1. The van der Waals surface area contributed by atoms with Crippen molar-refractivity contribution < 1.29 is 19.0 Å². The van der Waals surface area contributed by atoms with Gasteiger partial charge in [-0.2, -0.15) is 5.26 Å². The molecule has 1 amide bonds. The van der Waals surface area contributed by atoms with E-state index < -0.39 is 6.09 Å². The maximum Gasteiger partial charge on any atom is 0.408 e. The molecule has 0 atom stereocenters. The molecule has 1 aromatic rings. The van der Waals surface area contributed by atoms with Crippen LogP contribution in [0.3, 0.4) is 0 Å². The molecule has 0 spiro atoms. The van der Waals surface area contributed by atoms with E-state index in [2.05, 4.69) is 5.32 Å². The van der Waals surface area contributed by atoms with E-state index in [1.54, 1.807) is 24.3 Å². The molecule has 2 rings (SSSR count). The van der Waals surface area contributed by atoms with E-state index in [4.69, 9.17) is 19.5 Å². The molecule has 1 N–H and O–H groups in total. The van der Waals surface area contributed by atoms with Crippen LogP contribution in [0.1, 0.15) is 5.56 Å². The van der Waals surface area contributed by atoms with E-state index in [-0.39, 0.29) is 19.9 Å². The summed E-state index contributed by atoms with van der Waals surface area (Å²) < 4.78 is 15.2. The van der Waals surface area contributed by atoms with Gasteiger partial charge in [-0.25, -0.2) is 4.79 Å². The van der Waals surface area contributed by atoms with Crippen molar-refractivity contribution in [3.05, 3.63) is 23.8 Å². The zero-order valence-electron chi connectivity index (χ0n) is 8.93. The van der Waals surface area contributed by atoms with Gasteiger partial charge in [-0.1, -0.05) is 6.07 Å². The third-order valence-corrected chi connectivity index (χ3v) is 2.12. The van der Waals surface area contributed by atoms with Gasteiger partial charge in [0.15, 0.2) is 11.5 Å². The molecule has 88 valence electrons. The summed E-state index contributed by atoms with van der Waals surface area (Å²) in [5.41, 5.74) is 0.793. The predicted octanol–water partition coefficient (Wildman–Crippen LogP) is 1.17. The van der Waals surface area contributed by atoms with Crippen LogP contribution in [0.2, 0.25) is 0 Å². The number of fused-ring (bicyclic) bond motifs is 1. The Morgan fingerprint density at radius 2 is 2.29 bits per heavy atom. The molecule has 0 fully saturated rings. The molecule has 0 aromatic heterocycles. The van der Waals surface area contributed by atoms with Gasteiger partial charge in [0.1, 0.15) is 13.2 Å². The number of alkyl carbamates (subject to hydrolysis) is 1. The van der Waals surface area contributed by atoms with Crippen molar-refractivity contribution in [3.8, 4) is 17.6 Å². The molecule has 1 aliphatic rings. The average molecular weight is 234 g/mol. The zero-order chi connectivity index (χ0) is 12.1. The molecule has 6 heteroatoms. The summed E-state index contributed by atoms with van der Waals surface area (Å²) in [7, 11) is 0. The van der Waals surface area contributed by atoms with Crippen LogP contribution in [-0.2, 0) is 11.3 Å². The van der Waals surface area contributed by atoms with Gasteiger partial charge < -0.3 is 19.5 Å². The molecule has 1 aliphatic heterocycles. The second-order valence-electron chi connectivity index (χ2n) is 3.28. The first-order valence-electron chi connectivity index (χ1n) is 4.95. The number of ether oxygens (including phenoxy) is 3. The number of hydrogen-bond donors (Lipinski definition) is 1. The van der Waals surface area contributed by atoms with Gasteiger partial charge in [-0.05, 0) is 17.7 Å². The monoisotopic (exact) mass is 234 g/mol. The number of amides is 1. The Morgan fingerprint density at radius 3 is 3.12 bits per heavy atom. The third kappa shape index (κ3) is 2.78. The topological polar surface area (TPSA) is 80.6 Å². The van der Waals surface area contributed by atoms with Crippen LogP contribution in [0, 0.1) is 11.3 Å². The number of benzene rings is 1. The Kier molecular flexibility index (Phi) is 3.31. The third-order valence-electron chi connectivity index (χ3n) is 2.12. The average Bonchev–Trinajstić information content (AvgIpc) is 2.81. The van der Waals surface area contributed by atoms with Crippen molar-refractivity contribution in [1.82, 2.24) is 5.32 Å². The number of nitrogens with one attached hydrogen (secondary N) is 1. The van der Waals surface area contributed by atoms with E-state index >= 15 is 0 Å². The molecule has 0 radical (unpaired) electrons. The number of nitriles is 1. The molecule has 0 aliphatic carbocycles. The van der Waals surface area contributed by atoms with Crippen molar-refractivity contribution in [2.24, 2.45) is 0 Å². The highest BCUT2D eigenvalue weighted by atomic mass is 16.7. The van der Waals surface area contributed by atoms with Crippen LogP contribution in [0.5, 0.6) is 11.5 Å². The van der Waals surface area contributed by atoms with Gasteiger partial charge in [0, 0.05) is 0 Å². The molecular formula is C11H10N2O4. The normalized spacial score (nSPS) is 11.7. The number of carbonyl (C=O) groups excluding carboxylic acids is 1. The first-order chi connectivity index (χ1) is 8.29. The largest absolute Gasteiger partial charge is 0.454 e. The van der Waals surface area contributed by atoms with Crippen LogP contribution in [-0.4, -0.2) is 19.4 Å². The SMILES string of the molecule is N#CCNC(=O)OCc1ccc2c(c1)OCO2. The standard InChI is InChI=1S/C11H10N2O4/c12-3-4-13-11(14)15-6-8-1-2-9-10(5-8)17-7-16-9/h1-2,5H,4,6-7H2,(H,13,14). The molecule has 1 aromatic carbocycles. The fourth-order valence-electron chi connectivity index (χ4n) is 1.34. The van der Waals surface area contributed by atoms with Gasteiger partial charge in [-0.15, -0.1) is 0 Å². The summed E-state index contributed by atoms with van der Waals surface area (Å²) in [6.45, 7) is 0.260. The molecule has 1 heterocycles. The molecule has 6 nitrogen and oxygen atoms in total. The summed E-state index contributed by atoms with van der Waals surface area (Å²) in [6.07, 6.45) is -0.621. The van der Waals surface area contributed by atoms with Crippen molar-refractivity contribution in [2.45, 2.75) is 6.61 Å². The summed E-state index contributed by atoms with van der Waals surface area (Å²) >= 11 is 0. The predicted molar refractivity (Wildman–Crippen MR) is 56.4 cm³/mol. The van der Waals surface area contributed by atoms with Gasteiger partial charge in [-0.3, -0.25) is 0 Å². The number of carbonyl (C=O) groups is 1. The molecule has 0 saturated heterocycles. The lowest BCUT2D eigenvalue weighted by Crippen LogP contribution is -2.24. The van der Waals surface area contributed by atoms with Crippen LogP contribution >= 0.6 is 0 Å². The number of rotatable bonds is 3. The van der Waals surface area contributed by atoms with Gasteiger partial charge in [0.2, 0.25) is 6.79 Å². The van der Waals surface area contributed by atoms with Crippen molar-refractivity contribution in [2.75, 3.05) is 13.3 Å². The van der Waals surface area contributed by atoms with E-state index in [1.165, 1.54) is 0 Å². The zero-order valence-corrected chi connectivity index (χ0v) is 8.93. The summed E-state index contributed by atoms with van der Waals surface area (Å²) in [6, 6.07) is 7.07. The van der Waals surface area contributed by atoms with Crippen LogP contribution < -0.4 is 14.8 Å². The number of nitrogens with zero attached hydrogens (tertiary/aromatic N) is 1. The second-order valence-corrected chi connectivity index (χ2v) is 3.28. The fraction of sp³-hybridized carbons (Fsp3) is 0.273. The quantitative estimate of drug-likeness (QED) is 0.794. The van der Waals surface area contributed by atoms with E-state index in [0.29, 0.717) is 11.5 Å². The highest BCUT2D eigenvalue weighted by Crippen LogP contribution is 2.32. The smallest absolute Gasteiger partial charge is 0.408 e. The summed E-state index contributed by atoms with van der Waals surface area (Å²) in [5.74, 6) is 1.33. The van der Waals surface area contributed by atoms with Gasteiger partial charge >= 0.3 is 6.09 Å². The molecule has 17 heavy (non-hydrogen) atoms. The lowest BCUT2D eigenvalue weighted by Gasteiger charge is -2.05. The van der Waals surface area contributed by atoms with Crippen molar-refractivity contribution in [1.29, 1.82) is 5.26 Å². The maximum atomic E-state index is 11.1. The Bertz CT molecular complexity index is 467. The minimum absolute atomic E-state index is 0.0695. The highest BCUT2D eigenvalue weighted by Gasteiger charge is 2.13. The van der Waals surface area contributed by atoms with E-state index in [1.807, 2.05) is 0 Å². The maximum absolute atomic E-state index is 11.1. The Balaban J connectivity index is 1.87. The first-order valence-corrected chi connectivity index (χ1v) is 4.95. The van der Waals surface area contributed by atoms with Crippen molar-refractivity contribution >= 4 is 6.09 Å². The lowest BCUT2D eigenvalue weighted by molar-refractivity contribution is 0.140. The molecule has 0 saturated carbocycles. The molecule has 0 bridgehead atoms. The number of hydrogen-bond acceptors (Lipinski definition) is 5. The fourth-order valence-corrected chi connectivity index (χ4v) is 1.34. The minimum atomic E-state index is -0.621. The first kappa shape index (κ1) is 11.1. The van der Waals surface area contributed by atoms with Crippen LogP contribution in [0.15, 0.2) is 18.2 Å². The summed E-state index contributed by atoms with van der Waals surface area (Å²) in [5, 5.41) is 10.5. The van der Waals surface area contributed by atoms with Gasteiger partial charge in [0.05, 0.1) is 6.07 Å².